The number of fused-ring (bicyclic) bond motifs is 1. The first-order chi connectivity index (χ1) is 14.0. The fraction of sp³-hybridized carbons (Fsp3) is 0.478. The minimum atomic E-state index is 0.0606. The molecular formula is C23H31N3O2S. The van der Waals surface area contributed by atoms with Gasteiger partial charge in [-0.05, 0) is 38.6 Å². The van der Waals surface area contributed by atoms with E-state index >= 15 is 0 Å². The van der Waals surface area contributed by atoms with Crippen molar-refractivity contribution >= 4 is 21.6 Å². The molecule has 0 aliphatic heterocycles. The molecule has 0 fully saturated rings. The molecular weight excluding hydrogens is 382 g/mol. The summed E-state index contributed by atoms with van der Waals surface area (Å²) in [6.45, 7) is 12.0. The number of methoxy groups -OCH3 is 1. The summed E-state index contributed by atoms with van der Waals surface area (Å²) >= 11 is 1.54. The van der Waals surface area contributed by atoms with Gasteiger partial charge in [0.25, 0.3) is 5.56 Å². The number of aromatic nitrogens is 2. The van der Waals surface area contributed by atoms with Gasteiger partial charge >= 0.3 is 0 Å². The zero-order valence-corrected chi connectivity index (χ0v) is 18.9. The molecule has 0 bridgehead atoms. The van der Waals surface area contributed by atoms with Crippen molar-refractivity contribution in [3.63, 3.8) is 0 Å². The quantitative estimate of drug-likeness (QED) is 0.508. The summed E-state index contributed by atoms with van der Waals surface area (Å²) in [6.07, 6.45) is 1.78. The fourth-order valence-electron chi connectivity index (χ4n) is 3.72. The minimum absolute atomic E-state index is 0.0606. The van der Waals surface area contributed by atoms with Crippen LogP contribution in [0.1, 0.15) is 38.6 Å². The number of ether oxygens (including phenoxy) is 1. The number of rotatable bonds is 9. The Labute approximate surface area is 177 Å². The van der Waals surface area contributed by atoms with E-state index in [1.807, 2.05) is 22.1 Å². The Bertz CT molecular complexity index is 1030. The van der Waals surface area contributed by atoms with Gasteiger partial charge in [0.15, 0.2) is 0 Å². The maximum atomic E-state index is 13.6. The van der Waals surface area contributed by atoms with Crippen molar-refractivity contribution in [2.45, 2.75) is 47.1 Å². The third-order valence-corrected chi connectivity index (χ3v) is 6.30. The molecule has 0 spiro atoms. The molecule has 0 amide bonds. The zero-order chi connectivity index (χ0) is 21.0. The first kappa shape index (κ1) is 21.5. The Balaban J connectivity index is 2.17. The number of thiophene rings is 1. The van der Waals surface area contributed by atoms with E-state index in [1.165, 1.54) is 11.3 Å². The van der Waals surface area contributed by atoms with Crippen LogP contribution in [0.4, 0.5) is 0 Å². The van der Waals surface area contributed by atoms with Gasteiger partial charge in [0.05, 0.1) is 12.5 Å². The Kier molecular flexibility index (Phi) is 7.09. The number of hydrogen-bond donors (Lipinski definition) is 0. The summed E-state index contributed by atoms with van der Waals surface area (Å²) in [7, 11) is 1.67. The van der Waals surface area contributed by atoms with Crippen molar-refractivity contribution in [3.8, 4) is 16.9 Å². The van der Waals surface area contributed by atoms with Crippen molar-refractivity contribution in [2.24, 2.45) is 0 Å². The van der Waals surface area contributed by atoms with E-state index in [0.717, 1.165) is 65.6 Å². The van der Waals surface area contributed by atoms with Crippen molar-refractivity contribution < 1.29 is 4.74 Å². The highest BCUT2D eigenvalue weighted by molar-refractivity contribution is 7.17. The average Bonchev–Trinajstić information content (AvgIpc) is 3.14. The van der Waals surface area contributed by atoms with Crippen LogP contribution >= 0.6 is 11.3 Å². The molecule has 6 heteroatoms. The first-order valence-corrected chi connectivity index (χ1v) is 11.3. The molecule has 0 unspecified atom stereocenters. The highest BCUT2D eigenvalue weighted by atomic mass is 32.1. The standard InChI is InChI=1S/C23H31N3O2S/c1-6-9-20-24-22-21(23(27)26(20)13-12-25(7-2)8-3)18(15-29-22)17-14-16(4)10-11-19(17)28-5/h10-11,14-15H,6-9,12-13H2,1-5H3. The fourth-order valence-corrected chi connectivity index (χ4v) is 4.67. The van der Waals surface area contributed by atoms with Crippen LogP contribution in [0.15, 0.2) is 28.4 Å². The summed E-state index contributed by atoms with van der Waals surface area (Å²) in [5.74, 6) is 1.67. The van der Waals surface area contributed by atoms with E-state index < -0.39 is 0 Å². The van der Waals surface area contributed by atoms with E-state index in [0.29, 0.717) is 11.9 Å². The largest absolute Gasteiger partial charge is 0.496 e. The SMILES string of the molecule is CCCc1nc2scc(-c3cc(C)ccc3OC)c2c(=O)n1CCN(CC)CC. The van der Waals surface area contributed by atoms with E-state index in [9.17, 15) is 4.79 Å². The number of benzene rings is 1. The Hall–Kier alpha value is -2.18. The van der Waals surface area contributed by atoms with Gasteiger partial charge in [-0.1, -0.05) is 32.4 Å². The smallest absolute Gasteiger partial charge is 0.262 e. The highest BCUT2D eigenvalue weighted by Gasteiger charge is 2.19. The second-order valence-corrected chi connectivity index (χ2v) is 8.15. The summed E-state index contributed by atoms with van der Waals surface area (Å²) < 4.78 is 7.47. The molecule has 0 radical (unpaired) electrons. The molecule has 0 N–H and O–H groups in total. The maximum Gasteiger partial charge on any atom is 0.262 e. The predicted octanol–water partition coefficient (Wildman–Crippen LogP) is 4.74. The van der Waals surface area contributed by atoms with Gasteiger partial charge in [0.1, 0.15) is 16.4 Å². The molecule has 0 atom stereocenters. The highest BCUT2D eigenvalue weighted by Crippen LogP contribution is 2.37. The molecule has 2 aromatic heterocycles. The normalized spacial score (nSPS) is 11.5. The van der Waals surface area contributed by atoms with Crippen molar-refractivity contribution in [1.82, 2.24) is 14.5 Å². The molecule has 0 aliphatic carbocycles. The van der Waals surface area contributed by atoms with Gasteiger partial charge in [-0.3, -0.25) is 9.36 Å². The molecule has 29 heavy (non-hydrogen) atoms. The summed E-state index contributed by atoms with van der Waals surface area (Å²) in [6, 6.07) is 6.07. The number of hydrogen-bond acceptors (Lipinski definition) is 5. The average molecular weight is 414 g/mol. The molecule has 0 saturated carbocycles. The van der Waals surface area contributed by atoms with Crippen LogP contribution < -0.4 is 10.3 Å². The molecule has 5 nitrogen and oxygen atoms in total. The lowest BCUT2D eigenvalue weighted by atomic mass is 10.0. The predicted molar refractivity (Wildman–Crippen MR) is 122 cm³/mol. The van der Waals surface area contributed by atoms with E-state index in [2.05, 4.69) is 38.7 Å². The summed E-state index contributed by atoms with van der Waals surface area (Å²) in [5, 5.41) is 2.75. The molecule has 0 aliphatic rings. The van der Waals surface area contributed by atoms with Crippen LogP contribution in [-0.4, -0.2) is 41.2 Å². The van der Waals surface area contributed by atoms with Gasteiger partial charge in [-0.15, -0.1) is 11.3 Å². The van der Waals surface area contributed by atoms with Crippen molar-refractivity contribution in [3.05, 3.63) is 45.3 Å². The van der Waals surface area contributed by atoms with Crippen LogP contribution in [0.25, 0.3) is 21.3 Å². The monoisotopic (exact) mass is 413 g/mol. The number of likely N-dealkylation sites (N-methyl/N-ethyl adjacent to an activating group) is 1. The van der Waals surface area contributed by atoms with Gasteiger partial charge in [-0.25, -0.2) is 4.98 Å². The van der Waals surface area contributed by atoms with Crippen LogP contribution in [0.3, 0.4) is 0 Å². The van der Waals surface area contributed by atoms with Crippen molar-refractivity contribution in [1.29, 1.82) is 0 Å². The van der Waals surface area contributed by atoms with E-state index in [4.69, 9.17) is 9.72 Å². The lowest BCUT2D eigenvalue weighted by Crippen LogP contribution is -2.33. The molecule has 0 saturated heterocycles. The Morgan fingerprint density at radius 3 is 2.59 bits per heavy atom. The molecule has 3 aromatic rings. The number of aryl methyl sites for hydroxylation is 2. The third-order valence-electron chi connectivity index (χ3n) is 5.43. The van der Waals surface area contributed by atoms with E-state index in [1.54, 1.807) is 7.11 Å². The maximum absolute atomic E-state index is 13.6. The van der Waals surface area contributed by atoms with Gasteiger partial charge < -0.3 is 9.64 Å². The lowest BCUT2D eigenvalue weighted by molar-refractivity contribution is 0.287. The van der Waals surface area contributed by atoms with Gasteiger partial charge in [0, 0.05) is 36.0 Å². The Morgan fingerprint density at radius 1 is 1.17 bits per heavy atom. The van der Waals surface area contributed by atoms with E-state index in [-0.39, 0.29) is 5.56 Å². The zero-order valence-electron chi connectivity index (χ0n) is 18.1. The second kappa shape index (κ2) is 9.55. The minimum Gasteiger partial charge on any atom is -0.496 e. The van der Waals surface area contributed by atoms with Gasteiger partial charge in [0.2, 0.25) is 0 Å². The second-order valence-electron chi connectivity index (χ2n) is 7.29. The van der Waals surface area contributed by atoms with Crippen LogP contribution in [0.5, 0.6) is 5.75 Å². The topological polar surface area (TPSA) is 47.4 Å². The van der Waals surface area contributed by atoms with Crippen LogP contribution in [0.2, 0.25) is 0 Å². The molecule has 1 aromatic carbocycles. The van der Waals surface area contributed by atoms with Crippen LogP contribution in [0, 0.1) is 6.92 Å². The third kappa shape index (κ3) is 4.38. The summed E-state index contributed by atoms with van der Waals surface area (Å²) in [4.78, 5) is 21.7. The van der Waals surface area contributed by atoms with Crippen LogP contribution in [-0.2, 0) is 13.0 Å². The van der Waals surface area contributed by atoms with Gasteiger partial charge in [-0.2, -0.15) is 0 Å². The lowest BCUT2D eigenvalue weighted by Gasteiger charge is -2.20. The van der Waals surface area contributed by atoms with Crippen molar-refractivity contribution in [2.75, 3.05) is 26.7 Å². The Morgan fingerprint density at radius 2 is 1.93 bits per heavy atom. The molecule has 156 valence electrons. The first-order valence-electron chi connectivity index (χ1n) is 10.4. The molecule has 2 heterocycles. The summed E-state index contributed by atoms with van der Waals surface area (Å²) in [5.41, 5.74) is 3.07. The number of nitrogens with zero attached hydrogens (tertiary/aromatic N) is 3. The molecule has 3 rings (SSSR count).